The third-order valence-corrected chi connectivity index (χ3v) is 3.21. The highest BCUT2D eigenvalue weighted by atomic mass is 19.4. The maximum absolute atomic E-state index is 12.6. The first-order valence-electron chi connectivity index (χ1n) is 7.51. The number of nitrogens with one attached hydrogen (secondary N) is 2. The van der Waals surface area contributed by atoms with E-state index in [1.165, 1.54) is 10.6 Å². The number of unbranched alkanes of at least 4 members (excludes halogenated alkanes) is 4. The Hall–Kier alpha value is -1.76. The van der Waals surface area contributed by atoms with Gasteiger partial charge < -0.3 is 10.6 Å². The number of hydrogen-bond acceptors (Lipinski definition) is 2. The molecule has 0 aliphatic rings. The highest BCUT2D eigenvalue weighted by molar-refractivity contribution is 5.84. The average Bonchev–Trinajstić information content (AvgIpc) is 2.50. The van der Waals surface area contributed by atoms with Crippen LogP contribution in [0.4, 0.5) is 43.9 Å². The Labute approximate surface area is 146 Å². The third-order valence-electron chi connectivity index (χ3n) is 3.21. The number of hydrogen-bond donors (Lipinski definition) is 2. The second-order valence-corrected chi connectivity index (χ2v) is 5.42. The van der Waals surface area contributed by atoms with Crippen LogP contribution in [0.15, 0.2) is 0 Å². The first-order valence-corrected chi connectivity index (χ1v) is 7.51. The molecule has 0 aliphatic carbocycles. The van der Waals surface area contributed by atoms with E-state index in [4.69, 9.17) is 0 Å². The van der Waals surface area contributed by atoms with Gasteiger partial charge in [0.15, 0.2) is 0 Å². The van der Waals surface area contributed by atoms with Gasteiger partial charge in [0.2, 0.25) is 0 Å². The minimum absolute atomic E-state index is 0.0399. The number of halogens is 10. The van der Waals surface area contributed by atoms with Crippen LogP contribution in [0.25, 0.3) is 0 Å². The van der Waals surface area contributed by atoms with Gasteiger partial charge in [0, 0.05) is 13.1 Å². The summed E-state index contributed by atoms with van der Waals surface area (Å²) < 4.78 is 122. The quantitative estimate of drug-likeness (QED) is 0.418. The lowest BCUT2D eigenvalue weighted by atomic mass is 10.1. The van der Waals surface area contributed by atoms with Crippen molar-refractivity contribution in [3.63, 3.8) is 0 Å². The van der Waals surface area contributed by atoms with E-state index >= 15 is 0 Å². The summed E-state index contributed by atoms with van der Waals surface area (Å²) in [5.74, 6) is -16.0. The molecule has 0 heterocycles. The Morgan fingerprint density at radius 1 is 0.519 bits per heavy atom. The van der Waals surface area contributed by atoms with Crippen LogP contribution in [-0.2, 0) is 9.59 Å². The molecule has 160 valence electrons. The highest BCUT2D eigenvalue weighted by Gasteiger charge is 2.64. The summed E-state index contributed by atoms with van der Waals surface area (Å²) in [7, 11) is 0. The molecule has 0 aromatic rings. The number of rotatable bonds is 10. The maximum Gasteiger partial charge on any atom is 0.463 e. The standard InChI is InChI=1S/C13H16F10N2O2/c14-10(15,12(18,19)20)8(26)24-6-4-2-1-3-5-7-25-9(27)11(16,17)13(21,22)23/h1-7H2,(H,24,26)(H,25,27). The van der Waals surface area contributed by atoms with Crippen molar-refractivity contribution in [1.29, 1.82) is 0 Å². The van der Waals surface area contributed by atoms with Gasteiger partial charge in [-0.15, -0.1) is 0 Å². The molecule has 0 aromatic heterocycles. The van der Waals surface area contributed by atoms with Gasteiger partial charge in [0.25, 0.3) is 11.8 Å². The zero-order valence-electron chi connectivity index (χ0n) is 13.5. The molecule has 27 heavy (non-hydrogen) atoms. The number of alkyl halides is 10. The van der Waals surface area contributed by atoms with Gasteiger partial charge in [-0.2, -0.15) is 43.9 Å². The Morgan fingerprint density at radius 2 is 0.778 bits per heavy atom. The zero-order chi connectivity index (χ0) is 21.5. The lowest BCUT2D eigenvalue weighted by molar-refractivity contribution is -0.270. The molecule has 0 spiro atoms. The minimum atomic E-state index is -6.01. The number of amides is 2. The second-order valence-electron chi connectivity index (χ2n) is 5.42. The van der Waals surface area contributed by atoms with Crippen LogP contribution >= 0.6 is 0 Å². The molecule has 14 heteroatoms. The summed E-state index contributed by atoms with van der Waals surface area (Å²) in [4.78, 5) is 21.5. The molecule has 2 amide bonds. The van der Waals surface area contributed by atoms with Crippen molar-refractivity contribution >= 4 is 11.8 Å². The van der Waals surface area contributed by atoms with Crippen molar-refractivity contribution in [2.45, 2.75) is 56.3 Å². The van der Waals surface area contributed by atoms with Gasteiger partial charge in [0.05, 0.1) is 0 Å². The molecule has 0 atom stereocenters. The first kappa shape index (κ1) is 25.2. The maximum atomic E-state index is 12.6. The smallest absolute Gasteiger partial charge is 0.351 e. The van der Waals surface area contributed by atoms with Gasteiger partial charge in [-0.1, -0.05) is 19.3 Å². The highest BCUT2D eigenvalue weighted by Crippen LogP contribution is 2.36. The van der Waals surface area contributed by atoms with E-state index in [1.54, 1.807) is 0 Å². The van der Waals surface area contributed by atoms with E-state index in [2.05, 4.69) is 0 Å². The summed E-state index contributed by atoms with van der Waals surface area (Å²) >= 11 is 0. The Morgan fingerprint density at radius 3 is 1.04 bits per heavy atom. The topological polar surface area (TPSA) is 58.2 Å². The SMILES string of the molecule is O=C(NCCCCCCCNC(=O)C(F)(F)C(F)(F)F)C(F)(F)C(F)(F)F. The molecule has 0 aliphatic heterocycles. The van der Waals surface area contributed by atoms with E-state index in [0.29, 0.717) is 6.42 Å². The van der Waals surface area contributed by atoms with Crippen LogP contribution in [0.5, 0.6) is 0 Å². The Kier molecular flexibility index (Phi) is 8.82. The van der Waals surface area contributed by atoms with Crippen LogP contribution in [0.1, 0.15) is 32.1 Å². The lowest BCUT2D eigenvalue weighted by Crippen LogP contribution is -2.50. The Bertz CT molecular complexity index is 458. The minimum Gasteiger partial charge on any atom is -0.351 e. The van der Waals surface area contributed by atoms with E-state index < -0.39 is 49.1 Å². The number of carbonyl (C=O) groups is 2. The molecule has 0 unspecified atom stereocenters. The van der Waals surface area contributed by atoms with Crippen molar-refractivity contribution in [2.75, 3.05) is 13.1 Å². The molecule has 0 saturated carbocycles. The summed E-state index contributed by atoms with van der Waals surface area (Å²) in [6, 6.07) is 0. The van der Waals surface area contributed by atoms with Gasteiger partial charge in [-0.3, -0.25) is 9.59 Å². The molecule has 0 saturated heterocycles. The average molecular weight is 422 g/mol. The van der Waals surface area contributed by atoms with Crippen molar-refractivity contribution < 1.29 is 53.5 Å². The molecule has 0 radical (unpaired) electrons. The van der Waals surface area contributed by atoms with Crippen LogP contribution in [0.2, 0.25) is 0 Å². The van der Waals surface area contributed by atoms with E-state index in [-0.39, 0.29) is 25.7 Å². The van der Waals surface area contributed by atoms with Crippen molar-refractivity contribution in [3.05, 3.63) is 0 Å². The molecular weight excluding hydrogens is 406 g/mol. The van der Waals surface area contributed by atoms with E-state index in [1.807, 2.05) is 0 Å². The second kappa shape index (κ2) is 9.44. The molecule has 2 N–H and O–H groups in total. The predicted molar refractivity (Wildman–Crippen MR) is 71.1 cm³/mol. The largest absolute Gasteiger partial charge is 0.463 e. The van der Waals surface area contributed by atoms with Gasteiger partial charge in [0.1, 0.15) is 0 Å². The van der Waals surface area contributed by atoms with Gasteiger partial charge >= 0.3 is 24.2 Å². The lowest BCUT2D eigenvalue weighted by Gasteiger charge is -2.18. The normalized spacial score (nSPS) is 13.4. The van der Waals surface area contributed by atoms with Crippen molar-refractivity contribution in [2.24, 2.45) is 0 Å². The van der Waals surface area contributed by atoms with Crippen molar-refractivity contribution in [1.82, 2.24) is 10.6 Å². The summed E-state index contributed by atoms with van der Waals surface area (Å²) in [5, 5.41) is 2.84. The Balaban J connectivity index is 3.86. The fourth-order valence-electron chi connectivity index (χ4n) is 1.66. The monoisotopic (exact) mass is 422 g/mol. The third kappa shape index (κ3) is 7.40. The molecule has 0 rings (SSSR count). The fraction of sp³-hybridized carbons (Fsp3) is 0.846. The number of carbonyl (C=O) groups excluding carboxylic acids is 2. The zero-order valence-corrected chi connectivity index (χ0v) is 13.5. The van der Waals surface area contributed by atoms with Crippen molar-refractivity contribution in [3.8, 4) is 0 Å². The van der Waals surface area contributed by atoms with Gasteiger partial charge in [-0.25, -0.2) is 0 Å². The summed E-state index contributed by atoms with van der Waals surface area (Å²) in [6.07, 6.45) is -11.1. The molecule has 0 aromatic carbocycles. The van der Waals surface area contributed by atoms with E-state index in [9.17, 15) is 53.5 Å². The summed E-state index contributed by atoms with van der Waals surface area (Å²) in [6.45, 7) is -0.919. The van der Waals surface area contributed by atoms with Crippen LogP contribution in [0.3, 0.4) is 0 Å². The van der Waals surface area contributed by atoms with Crippen LogP contribution in [-0.4, -0.2) is 49.1 Å². The molecular formula is C13H16F10N2O2. The summed E-state index contributed by atoms with van der Waals surface area (Å²) in [5.41, 5.74) is 0. The van der Waals surface area contributed by atoms with Crippen LogP contribution < -0.4 is 10.6 Å². The van der Waals surface area contributed by atoms with E-state index in [0.717, 1.165) is 0 Å². The molecule has 4 nitrogen and oxygen atoms in total. The first-order chi connectivity index (χ1) is 12.0. The fourth-order valence-corrected chi connectivity index (χ4v) is 1.66. The van der Waals surface area contributed by atoms with Crippen LogP contribution in [0, 0.1) is 0 Å². The predicted octanol–water partition coefficient (Wildman–Crippen LogP) is 3.56. The molecule has 0 fully saturated rings. The van der Waals surface area contributed by atoms with Gasteiger partial charge in [-0.05, 0) is 12.8 Å². The molecule has 0 bridgehead atoms.